The maximum atomic E-state index is 12.9. The normalized spacial score (nSPS) is 39.8. The third kappa shape index (κ3) is 1.69. The Kier molecular flexibility index (Phi) is 2.65. The molecule has 0 aromatic heterocycles. The molecule has 1 rings (SSSR count). The summed E-state index contributed by atoms with van der Waals surface area (Å²) in [6.07, 6.45) is -6.61. The molecule has 0 radical (unpaired) electrons. The van der Waals surface area contributed by atoms with E-state index < -0.39 is 36.0 Å². The SMILES string of the molecule is O=C(O)C1=C[C@@H](O)[C@@H](O)[C@H](O)[C@H]1F. The van der Waals surface area contributed by atoms with Crippen molar-refractivity contribution in [3.63, 3.8) is 0 Å². The van der Waals surface area contributed by atoms with E-state index in [2.05, 4.69) is 0 Å². The molecule has 0 spiro atoms. The number of hydrogen-bond acceptors (Lipinski definition) is 4. The van der Waals surface area contributed by atoms with E-state index in [1.165, 1.54) is 0 Å². The smallest absolute Gasteiger partial charge is 0.334 e. The van der Waals surface area contributed by atoms with E-state index in [0.29, 0.717) is 6.08 Å². The van der Waals surface area contributed by atoms with Gasteiger partial charge in [-0.2, -0.15) is 0 Å². The number of rotatable bonds is 1. The largest absolute Gasteiger partial charge is 0.478 e. The summed E-state index contributed by atoms with van der Waals surface area (Å²) in [5, 5.41) is 35.3. The minimum Gasteiger partial charge on any atom is -0.478 e. The Morgan fingerprint density at radius 1 is 1.31 bits per heavy atom. The third-order valence-corrected chi connectivity index (χ3v) is 1.89. The number of carboxylic acids is 1. The molecular formula is C7H9FO5. The highest BCUT2D eigenvalue weighted by atomic mass is 19.1. The topological polar surface area (TPSA) is 98.0 Å². The van der Waals surface area contributed by atoms with Gasteiger partial charge in [-0.05, 0) is 6.08 Å². The molecule has 1 aliphatic rings. The molecule has 4 N–H and O–H groups in total. The van der Waals surface area contributed by atoms with Crippen LogP contribution >= 0.6 is 0 Å². The van der Waals surface area contributed by atoms with Gasteiger partial charge in [0.1, 0.15) is 18.3 Å². The molecule has 13 heavy (non-hydrogen) atoms. The van der Waals surface area contributed by atoms with Gasteiger partial charge in [0.2, 0.25) is 0 Å². The van der Waals surface area contributed by atoms with E-state index >= 15 is 0 Å². The number of aliphatic carboxylic acids is 1. The predicted octanol–water partition coefficient (Wildman–Crippen LogP) is -1.57. The molecule has 5 nitrogen and oxygen atoms in total. The molecule has 0 heterocycles. The maximum absolute atomic E-state index is 12.9. The highest BCUT2D eigenvalue weighted by Gasteiger charge is 2.40. The monoisotopic (exact) mass is 192 g/mol. The third-order valence-electron chi connectivity index (χ3n) is 1.89. The van der Waals surface area contributed by atoms with Crippen molar-refractivity contribution in [1.29, 1.82) is 0 Å². The van der Waals surface area contributed by atoms with E-state index in [0.717, 1.165) is 0 Å². The first kappa shape index (κ1) is 10.1. The first-order valence-electron chi connectivity index (χ1n) is 3.58. The van der Waals surface area contributed by atoms with Crippen molar-refractivity contribution in [2.24, 2.45) is 0 Å². The van der Waals surface area contributed by atoms with Gasteiger partial charge >= 0.3 is 5.97 Å². The van der Waals surface area contributed by atoms with Crippen LogP contribution in [0, 0.1) is 0 Å². The van der Waals surface area contributed by atoms with Gasteiger partial charge in [-0.25, -0.2) is 9.18 Å². The Morgan fingerprint density at radius 3 is 2.31 bits per heavy atom. The minimum atomic E-state index is -2.17. The lowest BCUT2D eigenvalue weighted by Crippen LogP contribution is -2.47. The van der Waals surface area contributed by atoms with Crippen LogP contribution in [0.15, 0.2) is 11.6 Å². The summed E-state index contributed by atoms with van der Waals surface area (Å²) in [6, 6.07) is 0. The van der Waals surface area contributed by atoms with Gasteiger partial charge < -0.3 is 20.4 Å². The van der Waals surface area contributed by atoms with Crippen molar-refractivity contribution < 1.29 is 29.6 Å². The van der Waals surface area contributed by atoms with Crippen molar-refractivity contribution in [3.05, 3.63) is 11.6 Å². The summed E-state index contributed by atoms with van der Waals surface area (Å²) < 4.78 is 12.9. The summed E-state index contributed by atoms with van der Waals surface area (Å²) in [5.74, 6) is -1.56. The van der Waals surface area contributed by atoms with E-state index in [-0.39, 0.29) is 0 Å². The first-order chi connectivity index (χ1) is 5.95. The summed E-state index contributed by atoms with van der Waals surface area (Å²) in [7, 11) is 0. The number of halogens is 1. The zero-order valence-electron chi connectivity index (χ0n) is 6.46. The van der Waals surface area contributed by atoms with Crippen LogP contribution < -0.4 is 0 Å². The minimum absolute atomic E-state index is 0.685. The molecule has 0 saturated carbocycles. The molecule has 0 unspecified atom stereocenters. The number of aliphatic hydroxyl groups is 3. The fourth-order valence-electron chi connectivity index (χ4n) is 1.12. The van der Waals surface area contributed by atoms with Crippen molar-refractivity contribution in [1.82, 2.24) is 0 Å². The van der Waals surface area contributed by atoms with Crippen molar-refractivity contribution in [2.75, 3.05) is 0 Å². The molecule has 1 aliphatic carbocycles. The van der Waals surface area contributed by atoms with Crippen LogP contribution in [0.3, 0.4) is 0 Å². The van der Waals surface area contributed by atoms with Crippen LogP contribution in [0.25, 0.3) is 0 Å². The standard InChI is InChI=1S/C7H9FO5/c8-4-2(7(12)13)1-3(9)5(10)6(4)11/h1,3-6,9-11H,(H,12,13)/t3-,4+,5-,6-/m1/s1. The summed E-state index contributed by atoms with van der Waals surface area (Å²) in [4.78, 5) is 10.4. The van der Waals surface area contributed by atoms with Crippen molar-refractivity contribution in [2.45, 2.75) is 24.5 Å². The van der Waals surface area contributed by atoms with Gasteiger partial charge in [0.25, 0.3) is 0 Å². The zero-order chi connectivity index (χ0) is 10.2. The van der Waals surface area contributed by atoms with Gasteiger partial charge in [0.15, 0.2) is 6.17 Å². The predicted molar refractivity (Wildman–Crippen MR) is 38.6 cm³/mol. The van der Waals surface area contributed by atoms with E-state index in [1.54, 1.807) is 0 Å². The van der Waals surface area contributed by atoms with Crippen LogP contribution in [0.5, 0.6) is 0 Å². The quantitative estimate of drug-likeness (QED) is 0.402. The average molecular weight is 192 g/mol. The fourth-order valence-corrected chi connectivity index (χ4v) is 1.12. The Hall–Kier alpha value is -0.980. The molecule has 4 atom stereocenters. The second-order valence-corrected chi connectivity index (χ2v) is 2.80. The number of hydrogen-bond donors (Lipinski definition) is 4. The summed E-state index contributed by atoms with van der Waals surface area (Å²) in [5.41, 5.74) is -0.731. The molecule has 0 aromatic carbocycles. The number of aliphatic hydroxyl groups excluding tert-OH is 3. The van der Waals surface area contributed by atoms with Gasteiger partial charge in [-0.1, -0.05) is 0 Å². The number of alkyl halides is 1. The average Bonchev–Trinajstić information content (AvgIpc) is 2.07. The van der Waals surface area contributed by atoms with Gasteiger partial charge in [-0.3, -0.25) is 0 Å². The Morgan fingerprint density at radius 2 is 1.85 bits per heavy atom. The lowest BCUT2D eigenvalue weighted by molar-refractivity contribution is -0.136. The van der Waals surface area contributed by atoms with Gasteiger partial charge in [-0.15, -0.1) is 0 Å². The Balaban J connectivity index is 2.97. The zero-order valence-corrected chi connectivity index (χ0v) is 6.46. The second-order valence-electron chi connectivity index (χ2n) is 2.80. The number of carbonyl (C=O) groups is 1. The highest BCUT2D eigenvalue weighted by Crippen LogP contribution is 2.22. The van der Waals surface area contributed by atoms with Crippen LogP contribution in [-0.2, 0) is 4.79 Å². The van der Waals surface area contributed by atoms with Crippen LogP contribution in [0.4, 0.5) is 4.39 Å². The van der Waals surface area contributed by atoms with Crippen molar-refractivity contribution in [3.8, 4) is 0 Å². The first-order valence-corrected chi connectivity index (χ1v) is 3.58. The Bertz CT molecular complexity index is 251. The van der Waals surface area contributed by atoms with Crippen LogP contribution in [0.1, 0.15) is 0 Å². The maximum Gasteiger partial charge on any atom is 0.334 e. The highest BCUT2D eigenvalue weighted by molar-refractivity contribution is 5.88. The molecule has 0 bridgehead atoms. The van der Waals surface area contributed by atoms with E-state index in [9.17, 15) is 9.18 Å². The van der Waals surface area contributed by atoms with Gasteiger partial charge in [0, 0.05) is 0 Å². The Labute approximate surface area is 72.7 Å². The molecule has 0 saturated heterocycles. The summed E-state index contributed by atoms with van der Waals surface area (Å²) >= 11 is 0. The molecule has 74 valence electrons. The van der Waals surface area contributed by atoms with Gasteiger partial charge in [0.05, 0.1) is 5.57 Å². The fraction of sp³-hybridized carbons (Fsp3) is 0.571. The van der Waals surface area contributed by atoms with Crippen molar-refractivity contribution >= 4 is 5.97 Å². The molecule has 6 heteroatoms. The molecular weight excluding hydrogens is 183 g/mol. The second kappa shape index (κ2) is 3.41. The van der Waals surface area contributed by atoms with E-state index in [4.69, 9.17) is 20.4 Å². The lowest BCUT2D eigenvalue weighted by Gasteiger charge is -2.28. The molecule has 0 amide bonds. The number of carboxylic acid groups (broad SMARTS) is 1. The lowest BCUT2D eigenvalue weighted by atomic mass is 9.90. The van der Waals surface area contributed by atoms with Crippen LogP contribution in [-0.4, -0.2) is 50.9 Å². The molecule has 0 fully saturated rings. The molecule has 0 aliphatic heterocycles. The summed E-state index contributed by atoms with van der Waals surface area (Å²) in [6.45, 7) is 0. The molecule has 0 aromatic rings. The van der Waals surface area contributed by atoms with E-state index in [1.807, 2.05) is 0 Å². The van der Waals surface area contributed by atoms with Crippen LogP contribution in [0.2, 0.25) is 0 Å².